The van der Waals surface area contributed by atoms with Crippen LogP contribution in [0, 0.1) is 17.1 Å². The molecule has 7 rings (SSSR count). The zero-order valence-corrected chi connectivity index (χ0v) is 24.9. The molecule has 0 unspecified atom stereocenters. The summed E-state index contributed by atoms with van der Waals surface area (Å²) in [5, 5.41) is 13.4. The molecule has 5 heterocycles. The lowest BCUT2D eigenvalue weighted by Crippen LogP contribution is -2.25. The lowest BCUT2D eigenvalue weighted by Gasteiger charge is -2.23. The maximum atomic E-state index is 13.7. The summed E-state index contributed by atoms with van der Waals surface area (Å²) in [5.41, 5.74) is 4.28. The smallest absolute Gasteiger partial charge is 0.255 e. The van der Waals surface area contributed by atoms with Crippen molar-refractivity contribution in [2.75, 3.05) is 24.7 Å². The van der Waals surface area contributed by atoms with Crippen LogP contribution in [0.5, 0.6) is 5.75 Å². The summed E-state index contributed by atoms with van der Waals surface area (Å²) in [6.07, 6.45) is 4.23. The first-order valence-electron chi connectivity index (χ1n) is 13.6. The van der Waals surface area contributed by atoms with E-state index in [2.05, 4.69) is 16.4 Å². The van der Waals surface area contributed by atoms with Gasteiger partial charge in [-0.2, -0.15) is 5.26 Å². The molecule has 0 fully saturated rings. The SMILES string of the molecule is CNC(=O)c1c(-c2ccc(F)cc2)oc2cc(N(C)S(C)(=O)=O)c(-c3ccc4c(n3)-c3cc5c(C#N)cncc5n3CO4)cc12. The number of sulfonamides is 1. The average molecular weight is 623 g/mol. The molecule has 0 aliphatic carbocycles. The number of hydrogen-bond donors (Lipinski definition) is 1. The van der Waals surface area contributed by atoms with Gasteiger partial charge in [0.25, 0.3) is 5.91 Å². The topological polar surface area (TPSA) is 143 Å². The van der Waals surface area contributed by atoms with E-state index >= 15 is 0 Å². The third-order valence-corrected chi connectivity index (χ3v) is 9.07. The molecule has 4 aromatic heterocycles. The van der Waals surface area contributed by atoms with Gasteiger partial charge in [-0.3, -0.25) is 14.1 Å². The summed E-state index contributed by atoms with van der Waals surface area (Å²) in [7, 11) is -0.849. The van der Waals surface area contributed by atoms with E-state index in [1.807, 2.05) is 10.6 Å². The van der Waals surface area contributed by atoms with Crippen LogP contribution < -0.4 is 14.4 Å². The van der Waals surface area contributed by atoms with Crippen LogP contribution in [-0.4, -0.2) is 49.2 Å². The van der Waals surface area contributed by atoms with Gasteiger partial charge in [-0.25, -0.2) is 17.8 Å². The number of ether oxygens (including phenoxy) is 1. The van der Waals surface area contributed by atoms with E-state index in [1.165, 1.54) is 44.6 Å². The number of pyridine rings is 2. The third kappa shape index (κ3) is 4.46. The highest BCUT2D eigenvalue weighted by molar-refractivity contribution is 7.92. The van der Waals surface area contributed by atoms with Crippen molar-refractivity contribution in [3.05, 3.63) is 83.9 Å². The summed E-state index contributed by atoms with van der Waals surface area (Å²) >= 11 is 0. The number of carbonyl (C=O) groups excluding carboxylic acids is 1. The molecule has 45 heavy (non-hydrogen) atoms. The molecule has 2 aromatic carbocycles. The highest BCUT2D eigenvalue weighted by Crippen LogP contribution is 2.43. The van der Waals surface area contributed by atoms with E-state index in [9.17, 15) is 22.9 Å². The lowest BCUT2D eigenvalue weighted by molar-refractivity contribution is 0.0964. The van der Waals surface area contributed by atoms with Gasteiger partial charge in [0.05, 0.1) is 46.2 Å². The van der Waals surface area contributed by atoms with Crippen molar-refractivity contribution < 1.29 is 26.8 Å². The van der Waals surface area contributed by atoms with Crippen molar-refractivity contribution in [3.63, 3.8) is 0 Å². The maximum absolute atomic E-state index is 13.7. The summed E-state index contributed by atoms with van der Waals surface area (Å²) in [5.74, 6) is -0.181. The standard InChI is InChI=1S/C32H23FN6O5S/c1-35-32(40)29-22-10-21(24(38(2)45(3,41)42)12-28(22)44-31(29)17-4-6-19(33)7-5-17)23-8-9-27-30(37-23)25-11-20-18(13-34)14-36-15-26(20)39(25)16-43-27/h4-12,14-15H,16H2,1-3H3,(H,35,40). The van der Waals surface area contributed by atoms with Crippen LogP contribution in [0.2, 0.25) is 0 Å². The van der Waals surface area contributed by atoms with Gasteiger partial charge >= 0.3 is 0 Å². The molecule has 13 heteroatoms. The van der Waals surface area contributed by atoms with Crippen LogP contribution in [0.15, 0.2) is 71.4 Å². The Balaban J connectivity index is 1.49. The molecule has 224 valence electrons. The molecule has 0 spiro atoms. The number of rotatable bonds is 5. The molecule has 1 N–H and O–H groups in total. The molecule has 6 aromatic rings. The number of halogens is 1. The predicted molar refractivity (Wildman–Crippen MR) is 166 cm³/mol. The number of carbonyl (C=O) groups is 1. The first kappa shape index (κ1) is 28.1. The van der Waals surface area contributed by atoms with E-state index in [-0.39, 0.29) is 29.3 Å². The Bertz CT molecular complexity index is 2360. The van der Waals surface area contributed by atoms with Crippen LogP contribution in [0.1, 0.15) is 15.9 Å². The molecule has 0 radical (unpaired) electrons. The Hall–Kier alpha value is -5.74. The number of aromatic nitrogens is 3. The minimum Gasteiger partial charge on any atom is -0.470 e. The quantitative estimate of drug-likeness (QED) is 0.273. The van der Waals surface area contributed by atoms with Gasteiger partial charge in [0.1, 0.15) is 34.7 Å². The molecule has 0 saturated carbocycles. The summed E-state index contributed by atoms with van der Waals surface area (Å²) in [6.45, 7) is 0.189. The van der Waals surface area contributed by atoms with Gasteiger partial charge in [0.15, 0.2) is 6.73 Å². The number of nitriles is 1. The second-order valence-corrected chi connectivity index (χ2v) is 12.5. The Morgan fingerprint density at radius 1 is 1.11 bits per heavy atom. The van der Waals surface area contributed by atoms with Gasteiger partial charge < -0.3 is 19.0 Å². The molecular formula is C32H23FN6O5S. The number of amides is 1. The van der Waals surface area contributed by atoms with Crippen LogP contribution >= 0.6 is 0 Å². The number of benzene rings is 2. The molecule has 0 bridgehead atoms. The minimum atomic E-state index is -3.75. The lowest BCUT2D eigenvalue weighted by atomic mass is 10.0. The van der Waals surface area contributed by atoms with Crippen LogP contribution in [-0.2, 0) is 16.8 Å². The number of fused-ring (bicyclic) bond motifs is 6. The van der Waals surface area contributed by atoms with Gasteiger partial charge in [-0.05, 0) is 48.5 Å². The largest absolute Gasteiger partial charge is 0.470 e. The van der Waals surface area contributed by atoms with Crippen molar-refractivity contribution in [1.82, 2.24) is 19.9 Å². The van der Waals surface area contributed by atoms with Crippen molar-refractivity contribution in [3.8, 4) is 45.8 Å². The first-order valence-corrected chi connectivity index (χ1v) is 15.5. The molecule has 1 amide bonds. The van der Waals surface area contributed by atoms with Crippen molar-refractivity contribution in [2.45, 2.75) is 6.73 Å². The zero-order valence-electron chi connectivity index (χ0n) is 24.1. The fraction of sp³-hybridized carbons (Fsp3) is 0.125. The second kappa shape index (κ2) is 10.2. The predicted octanol–water partition coefficient (Wildman–Crippen LogP) is 5.29. The minimum absolute atomic E-state index is 0.189. The molecule has 11 nitrogen and oxygen atoms in total. The Kier molecular flexibility index (Phi) is 6.34. The van der Waals surface area contributed by atoms with E-state index in [4.69, 9.17) is 14.1 Å². The van der Waals surface area contributed by atoms with E-state index in [1.54, 1.807) is 30.5 Å². The average Bonchev–Trinajstić information content (AvgIpc) is 3.61. The fourth-order valence-corrected chi connectivity index (χ4v) is 6.07. The summed E-state index contributed by atoms with van der Waals surface area (Å²) in [6, 6.07) is 16.2. The maximum Gasteiger partial charge on any atom is 0.255 e. The highest BCUT2D eigenvalue weighted by atomic mass is 32.2. The number of hydrogen-bond acceptors (Lipinski definition) is 8. The third-order valence-electron chi connectivity index (χ3n) is 7.88. The number of nitrogens with one attached hydrogen (secondary N) is 1. The number of nitrogens with zero attached hydrogens (tertiary/aromatic N) is 5. The van der Waals surface area contributed by atoms with Crippen molar-refractivity contribution >= 4 is 43.5 Å². The zero-order chi connectivity index (χ0) is 31.6. The number of furan rings is 1. The second-order valence-electron chi connectivity index (χ2n) is 10.5. The van der Waals surface area contributed by atoms with Gasteiger partial charge in [0, 0.05) is 48.3 Å². The highest BCUT2D eigenvalue weighted by Gasteiger charge is 2.28. The van der Waals surface area contributed by atoms with E-state index in [0.717, 1.165) is 10.6 Å². The monoisotopic (exact) mass is 622 g/mol. The van der Waals surface area contributed by atoms with Crippen molar-refractivity contribution in [1.29, 1.82) is 5.26 Å². The van der Waals surface area contributed by atoms with Crippen LogP contribution in [0.25, 0.3) is 55.8 Å². The van der Waals surface area contributed by atoms with Gasteiger partial charge in [-0.15, -0.1) is 0 Å². The van der Waals surface area contributed by atoms with Crippen LogP contribution in [0.3, 0.4) is 0 Å². The Morgan fingerprint density at radius 3 is 2.60 bits per heavy atom. The van der Waals surface area contributed by atoms with E-state index in [0.29, 0.717) is 55.8 Å². The van der Waals surface area contributed by atoms with Gasteiger partial charge in [-0.1, -0.05) is 0 Å². The van der Waals surface area contributed by atoms with Gasteiger partial charge in [0.2, 0.25) is 10.0 Å². The Labute approximate surface area is 256 Å². The molecule has 0 saturated heterocycles. The number of anilines is 1. The molecular weight excluding hydrogens is 599 g/mol. The summed E-state index contributed by atoms with van der Waals surface area (Å²) in [4.78, 5) is 22.3. The van der Waals surface area contributed by atoms with Crippen molar-refractivity contribution in [2.24, 2.45) is 0 Å². The normalized spacial score (nSPS) is 12.3. The fourth-order valence-electron chi connectivity index (χ4n) is 5.56. The van der Waals surface area contributed by atoms with E-state index < -0.39 is 21.7 Å². The first-order chi connectivity index (χ1) is 21.6. The van der Waals surface area contributed by atoms with Crippen LogP contribution in [0.4, 0.5) is 10.1 Å². The molecule has 0 atom stereocenters. The molecule has 1 aliphatic rings. The summed E-state index contributed by atoms with van der Waals surface area (Å²) < 4.78 is 54.5. The molecule has 1 aliphatic heterocycles. The Morgan fingerprint density at radius 2 is 1.89 bits per heavy atom.